The van der Waals surface area contributed by atoms with E-state index >= 15 is 0 Å². The predicted molar refractivity (Wildman–Crippen MR) is 82.6 cm³/mol. The number of nitrogens with one attached hydrogen (secondary N) is 1. The molecule has 0 aliphatic heterocycles. The van der Waals surface area contributed by atoms with Crippen LogP contribution in [0.1, 0.15) is 15.9 Å². The van der Waals surface area contributed by atoms with Gasteiger partial charge in [0.1, 0.15) is 0 Å². The first-order valence-corrected chi connectivity index (χ1v) is 7.06. The Morgan fingerprint density at radius 1 is 1.12 bits per heavy atom. The van der Waals surface area contributed by atoms with Crippen LogP contribution in [-0.2, 0) is 11.0 Å². The van der Waals surface area contributed by atoms with Crippen molar-refractivity contribution in [3.8, 4) is 5.75 Å². The molecule has 0 spiro atoms. The first-order valence-electron chi connectivity index (χ1n) is 6.31. The van der Waals surface area contributed by atoms with Crippen LogP contribution in [-0.4, -0.2) is 12.4 Å². The van der Waals surface area contributed by atoms with E-state index in [4.69, 9.17) is 23.2 Å². The van der Waals surface area contributed by atoms with Crippen molar-refractivity contribution in [1.29, 1.82) is 0 Å². The van der Waals surface area contributed by atoms with Gasteiger partial charge in [-0.1, -0.05) is 29.3 Å². The molecule has 0 saturated carbocycles. The molecule has 0 unspecified atom stereocenters. The van der Waals surface area contributed by atoms with Gasteiger partial charge >= 0.3 is 6.18 Å². The van der Waals surface area contributed by atoms with E-state index in [1.54, 1.807) is 0 Å². The number of hydrogen-bond donors (Lipinski definition) is 1. The number of rotatable bonds is 4. The molecule has 0 saturated heterocycles. The first-order chi connectivity index (χ1) is 11.2. The second-order valence-electron chi connectivity index (χ2n) is 4.48. The standard InChI is InChI=1S/C15H8Cl2F3NO3/c16-11-5-4-8(6-12(11)17)21-14(23)9-2-1-3-10(15(18,19)20)13(9)24-7-22/h1-7H,(H,21,23). The van der Waals surface area contributed by atoms with Gasteiger partial charge in [0.2, 0.25) is 0 Å². The third-order valence-electron chi connectivity index (χ3n) is 2.91. The number of ether oxygens (including phenoxy) is 1. The first kappa shape index (κ1) is 18.1. The van der Waals surface area contributed by atoms with E-state index in [9.17, 15) is 22.8 Å². The summed E-state index contributed by atoms with van der Waals surface area (Å²) >= 11 is 11.5. The van der Waals surface area contributed by atoms with Crippen LogP contribution in [0.15, 0.2) is 36.4 Å². The molecular formula is C15H8Cl2F3NO3. The normalized spacial score (nSPS) is 11.0. The fourth-order valence-corrected chi connectivity index (χ4v) is 2.18. The zero-order chi connectivity index (χ0) is 17.9. The van der Waals surface area contributed by atoms with Gasteiger partial charge in [0.05, 0.1) is 21.2 Å². The number of hydrogen-bond acceptors (Lipinski definition) is 3. The van der Waals surface area contributed by atoms with Crippen molar-refractivity contribution in [3.05, 3.63) is 57.6 Å². The summed E-state index contributed by atoms with van der Waals surface area (Å²) in [6.07, 6.45) is -4.79. The van der Waals surface area contributed by atoms with E-state index in [0.717, 1.165) is 12.1 Å². The summed E-state index contributed by atoms with van der Waals surface area (Å²) in [5.41, 5.74) is -1.48. The molecule has 0 fully saturated rings. The number of alkyl halides is 3. The Morgan fingerprint density at radius 3 is 2.42 bits per heavy atom. The largest absolute Gasteiger partial charge is 0.427 e. The molecule has 24 heavy (non-hydrogen) atoms. The van der Waals surface area contributed by atoms with E-state index in [1.165, 1.54) is 18.2 Å². The van der Waals surface area contributed by atoms with Gasteiger partial charge in [-0.2, -0.15) is 13.2 Å². The zero-order valence-corrected chi connectivity index (χ0v) is 13.2. The predicted octanol–water partition coefficient (Wildman–Crippen LogP) is 4.80. The number of anilines is 1. The molecule has 0 aliphatic rings. The summed E-state index contributed by atoms with van der Waals surface area (Å²) < 4.78 is 43.3. The van der Waals surface area contributed by atoms with Crippen LogP contribution in [0.3, 0.4) is 0 Å². The van der Waals surface area contributed by atoms with E-state index < -0.39 is 29.0 Å². The Balaban J connectivity index is 2.41. The number of amides is 1. The fourth-order valence-electron chi connectivity index (χ4n) is 1.89. The molecule has 4 nitrogen and oxygen atoms in total. The monoisotopic (exact) mass is 377 g/mol. The number of carbonyl (C=O) groups is 2. The van der Waals surface area contributed by atoms with Crippen LogP contribution < -0.4 is 10.1 Å². The highest BCUT2D eigenvalue weighted by atomic mass is 35.5. The highest BCUT2D eigenvalue weighted by Crippen LogP contribution is 2.38. The average Bonchev–Trinajstić information content (AvgIpc) is 2.50. The van der Waals surface area contributed by atoms with Crippen molar-refractivity contribution in [2.45, 2.75) is 6.18 Å². The SMILES string of the molecule is O=COc1c(C(=O)Nc2ccc(Cl)c(Cl)c2)cccc1C(F)(F)F. The Hall–Kier alpha value is -2.25. The highest BCUT2D eigenvalue weighted by molar-refractivity contribution is 6.42. The lowest BCUT2D eigenvalue weighted by Gasteiger charge is -2.14. The minimum atomic E-state index is -4.79. The molecule has 126 valence electrons. The molecule has 0 radical (unpaired) electrons. The lowest BCUT2D eigenvalue weighted by molar-refractivity contribution is -0.139. The van der Waals surface area contributed by atoms with Crippen molar-refractivity contribution < 1.29 is 27.5 Å². The number of para-hydroxylation sites is 1. The molecule has 1 N–H and O–H groups in total. The minimum Gasteiger partial charge on any atom is -0.427 e. The summed E-state index contributed by atoms with van der Waals surface area (Å²) in [7, 11) is 0. The maximum Gasteiger partial charge on any atom is 0.420 e. The van der Waals surface area contributed by atoms with E-state index in [0.29, 0.717) is 6.07 Å². The summed E-state index contributed by atoms with van der Waals surface area (Å²) in [6.45, 7) is -0.180. The Kier molecular flexibility index (Phi) is 5.36. The van der Waals surface area contributed by atoms with Gasteiger partial charge in [-0.15, -0.1) is 0 Å². The maximum atomic E-state index is 13.0. The Bertz CT molecular complexity index is 794. The van der Waals surface area contributed by atoms with Crippen molar-refractivity contribution in [2.75, 3.05) is 5.32 Å². The summed E-state index contributed by atoms with van der Waals surface area (Å²) in [4.78, 5) is 22.8. The number of carbonyl (C=O) groups excluding carboxylic acids is 2. The number of halogens is 5. The van der Waals surface area contributed by atoms with Gasteiger partial charge in [-0.25, -0.2) is 0 Å². The average molecular weight is 378 g/mol. The third-order valence-corrected chi connectivity index (χ3v) is 3.65. The van der Waals surface area contributed by atoms with Crippen molar-refractivity contribution in [1.82, 2.24) is 0 Å². The topological polar surface area (TPSA) is 55.4 Å². The molecule has 0 aromatic heterocycles. The summed E-state index contributed by atoms with van der Waals surface area (Å²) in [5.74, 6) is -1.78. The van der Waals surface area contributed by atoms with Crippen LogP contribution in [0.2, 0.25) is 10.0 Å². The quantitative estimate of drug-likeness (QED) is 0.778. The lowest BCUT2D eigenvalue weighted by Crippen LogP contribution is -2.17. The second kappa shape index (κ2) is 7.11. The van der Waals surface area contributed by atoms with Gasteiger partial charge < -0.3 is 10.1 Å². The lowest BCUT2D eigenvalue weighted by atomic mass is 10.1. The van der Waals surface area contributed by atoms with Crippen LogP contribution in [0.25, 0.3) is 0 Å². The molecule has 9 heteroatoms. The highest BCUT2D eigenvalue weighted by Gasteiger charge is 2.36. The minimum absolute atomic E-state index is 0.155. The fraction of sp³-hybridized carbons (Fsp3) is 0.0667. The van der Waals surface area contributed by atoms with Crippen LogP contribution in [0, 0.1) is 0 Å². The molecule has 2 aromatic rings. The molecule has 2 aromatic carbocycles. The summed E-state index contributed by atoms with van der Waals surface area (Å²) in [6, 6.07) is 6.99. The Labute approximate surface area is 144 Å². The van der Waals surface area contributed by atoms with Gasteiger partial charge in [-0.3, -0.25) is 9.59 Å². The van der Waals surface area contributed by atoms with Crippen LogP contribution in [0.5, 0.6) is 5.75 Å². The molecule has 0 heterocycles. The number of benzene rings is 2. The van der Waals surface area contributed by atoms with Gasteiger partial charge in [0, 0.05) is 5.69 Å². The molecule has 0 atom stereocenters. The molecule has 1 amide bonds. The van der Waals surface area contributed by atoms with E-state index in [2.05, 4.69) is 10.1 Å². The van der Waals surface area contributed by atoms with Gasteiger partial charge in [0.25, 0.3) is 12.4 Å². The van der Waals surface area contributed by atoms with Gasteiger partial charge in [0.15, 0.2) is 5.75 Å². The Morgan fingerprint density at radius 2 is 1.83 bits per heavy atom. The maximum absolute atomic E-state index is 13.0. The van der Waals surface area contributed by atoms with Crippen molar-refractivity contribution in [2.24, 2.45) is 0 Å². The molecule has 2 rings (SSSR count). The zero-order valence-electron chi connectivity index (χ0n) is 11.7. The van der Waals surface area contributed by atoms with E-state index in [-0.39, 0.29) is 22.2 Å². The molecular weight excluding hydrogens is 370 g/mol. The summed E-state index contributed by atoms with van der Waals surface area (Å²) in [5, 5.41) is 2.76. The van der Waals surface area contributed by atoms with Crippen LogP contribution >= 0.6 is 23.2 Å². The van der Waals surface area contributed by atoms with Crippen molar-refractivity contribution >= 4 is 41.3 Å². The smallest absolute Gasteiger partial charge is 0.420 e. The van der Waals surface area contributed by atoms with Gasteiger partial charge in [-0.05, 0) is 30.3 Å². The second-order valence-corrected chi connectivity index (χ2v) is 5.29. The van der Waals surface area contributed by atoms with Crippen LogP contribution in [0.4, 0.5) is 18.9 Å². The van der Waals surface area contributed by atoms with Crippen molar-refractivity contribution in [3.63, 3.8) is 0 Å². The third kappa shape index (κ3) is 3.98. The molecule has 0 bridgehead atoms. The van der Waals surface area contributed by atoms with E-state index in [1.807, 2.05) is 0 Å². The molecule has 0 aliphatic carbocycles.